The third kappa shape index (κ3) is 16.3. The average molecular weight is 1500 g/mol. The van der Waals surface area contributed by atoms with E-state index in [-0.39, 0.29) is 5.41 Å². The first kappa shape index (κ1) is 78.7. The Hall–Kier alpha value is -12.0. The fourth-order valence-corrected chi connectivity index (χ4v) is 17.4. The fraction of sp³-hybridized carbons (Fsp3) is 0.245. The fourth-order valence-electron chi connectivity index (χ4n) is 17.4. The molecule has 0 atom stereocenters. The van der Waals surface area contributed by atoms with Gasteiger partial charge in [0.2, 0.25) is 51.1 Å². The summed E-state index contributed by atoms with van der Waals surface area (Å²) in [6, 6.07) is 86.1. The number of aryl methyl sites for hydroxylation is 11. The summed E-state index contributed by atoms with van der Waals surface area (Å²) in [4.78, 5) is 0. The molecule has 0 aliphatic heterocycles. The summed E-state index contributed by atoms with van der Waals surface area (Å²) < 4.78 is 18.0. The molecule has 0 saturated heterocycles. The highest BCUT2D eigenvalue weighted by Gasteiger charge is 2.31. The molecule has 0 saturated carbocycles. The van der Waals surface area contributed by atoms with Gasteiger partial charge in [0.25, 0.3) is 0 Å². The first-order chi connectivity index (χ1) is 54.8. The number of nitrogens with zero attached hydrogens (tertiary/aromatic N) is 8. The maximum Gasteiger partial charge on any atom is 0.220 e. The zero-order valence-corrected chi connectivity index (χ0v) is 70.7. The van der Waals surface area contributed by atoms with Crippen LogP contribution in [0, 0.1) is 47.0 Å². The summed E-state index contributed by atoms with van der Waals surface area (Å²) in [5.74, 6) is 0.465. The number of aromatic nitrogens is 8. The average Bonchev–Trinajstić information content (AvgIpc) is 0.781. The number of hydrogen-bond donors (Lipinski definition) is 0. The molecule has 0 fully saturated rings. The molecule has 8 aromatic carbocycles. The van der Waals surface area contributed by atoms with Crippen molar-refractivity contribution < 1.29 is 36.5 Å². The molecule has 1 aliphatic carbocycles. The van der Waals surface area contributed by atoms with E-state index in [1.54, 1.807) is 5.56 Å². The van der Waals surface area contributed by atoms with Crippen molar-refractivity contribution in [1.29, 1.82) is 0 Å². The molecule has 0 amide bonds. The molecule has 8 aromatic heterocycles. The Morgan fingerprint density at radius 3 is 1.33 bits per heavy atom. The van der Waals surface area contributed by atoms with E-state index in [1.807, 2.05) is 0 Å². The highest BCUT2D eigenvalue weighted by molar-refractivity contribution is 5.97. The Bertz CT molecular complexity index is 6350. The van der Waals surface area contributed by atoms with Crippen LogP contribution in [0.3, 0.4) is 0 Å². The summed E-state index contributed by atoms with van der Waals surface area (Å²) in [6.45, 7) is 24.9. The number of rotatable bonds is 10. The molecule has 8 heteroatoms. The lowest BCUT2D eigenvalue weighted by molar-refractivity contribution is -0.660. The van der Waals surface area contributed by atoms with Crippen molar-refractivity contribution in [2.75, 3.05) is 0 Å². The van der Waals surface area contributed by atoms with Crippen LogP contribution in [0.25, 0.3) is 133 Å². The van der Waals surface area contributed by atoms with Crippen LogP contribution >= 0.6 is 0 Å². The van der Waals surface area contributed by atoms with E-state index in [0.717, 1.165) is 6.42 Å². The van der Waals surface area contributed by atoms with Gasteiger partial charge in [-0.05, 0) is 248 Å². The Kier molecular flexibility index (Phi) is 23.0. The Balaban J connectivity index is 0.000000126. The molecule has 570 valence electrons. The van der Waals surface area contributed by atoms with Crippen molar-refractivity contribution in [2.45, 2.75) is 114 Å². The van der Waals surface area contributed by atoms with Crippen LogP contribution in [0.15, 0.2) is 280 Å². The van der Waals surface area contributed by atoms with Gasteiger partial charge in [0.05, 0.1) is 55.3 Å². The van der Waals surface area contributed by atoms with Crippen molar-refractivity contribution in [1.82, 2.24) is 0 Å². The highest BCUT2D eigenvalue weighted by Crippen LogP contribution is 2.42. The summed E-state index contributed by atoms with van der Waals surface area (Å²) in [7, 11) is 17.1. The van der Waals surface area contributed by atoms with E-state index >= 15 is 0 Å². The lowest BCUT2D eigenvalue weighted by Gasteiger charge is -2.23. The second kappa shape index (κ2) is 33.4. The van der Waals surface area contributed by atoms with Crippen LogP contribution in [-0.4, -0.2) is 0 Å². The van der Waals surface area contributed by atoms with Gasteiger partial charge in [0.15, 0.2) is 43.4 Å². The Labute approximate surface area is 677 Å². The van der Waals surface area contributed by atoms with Gasteiger partial charge < -0.3 is 0 Å². The monoisotopic (exact) mass is 1500 g/mol. The summed E-state index contributed by atoms with van der Waals surface area (Å²) in [5, 5.41) is 8.98. The van der Waals surface area contributed by atoms with Gasteiger partial charge in [-0.2, -0.15) is 4.57 Å². The van der Waals surface area contributed by atoms with Gasteiger partial charge in [-0.3, -0.25) is 0 Å². The zero-order chi connectivity index (χ0) is 80.4. The van der Waals surface area contributed by atoms with Gasteiger partial charge in [-0.1, -0.05) is 101 Å². The molecule has 0 unspecified atom stereocenters. The SMILES string of the molecule is Cc1c(-c2cccc[n+]2C)cc(C(C)C)cc1-c1c2ccccc2cc[n+]1C.Cc1c(-c2cccc[n+]2C)cc(CC(C)(C)C)cc1-c1ccc2ccccc2[n+]1C.Cc1cc(-c2cccc[n+]2C)c(C)c(-c2cc3ccccc3c[n+]2C)c1.Cc1cc[n+](C)c(-c2c(C)c(-c3c4ccccc4cc[n+]3C)cc3c2CCCC3)c1. The lowest BCUT2D eigenvalue weighted by Crippen LogP contribution is -2.32. The van der Waals surface area contributed by atoms with Gasteiger partial charge in [-0.15, -0.1) is 0 Å². The zero-order valence-electron chi connectivity index (χ0n) is 70.7. The molecule has 16 aromatic rings. The molecular formula is C106H114N8+8. The van der Waals surface area contributed by atoms with Crippen molar-refractivity contribution in [3.8, 4) is 90.1 Å². The molecule has 0 radical (unpaired) electrons. The van der Waals surface area contributed by atoms with Gasteiger partial charge in [0.1, 0.15) is 56.4 Å². The van der Waals surface area contributed by atoms with E-state index in [0.29, 0.717) is 5.92 Å². The van der Waals surface area contributed by atoms with Crippen molar-refractivity contribution in [3.63, 3.8) is 0 Å². The maximum absolute atomic E-state index is 2.49. The second-order valence-corrected chi connectivity index (χ2v) is 33.5. The minimum Gasteiger partial charge on any atom is -0.201 e. The molecule has 8 nitrogen and oxygen atoms in total. The van der Waals surface area contributed by atoms with Crippen LogP contribution in [0.1, 0.15) is 109 Å². The minimum atomic E-state index is 0.230. The predicted octanol–water partition coefficient (Wildman–Crippen LogP) is 20.7. The van der Waals surface area contributed by atoms with E-state index in [4.69, 9.17) is 0 Å². The third-order valence-electron chi connectivity index (χ3n) is 23.6. The standard InChI is InChI=1S/C28H30N2.C28H32N2.C26H28N2.C24H24N2/c1-19-13-15-29(3)26(17-19)27-20(2)25(18-22-10-6-7-11-23(22)27)28-24-12-8-5-9-21(24)14-16-30(28)4;1-20-23(26-13-9-10-16-29(26)5)17-21(19-28(2,3)4)18-24(20)27-15-14-22-11-7-8-12-25(22)30(27)6;1-18(2)21-16-23(25-12-8-9-14-27(25)4)19(3)24(17-21)26-22-11-7-6-10-20(22)13-15-28(26)5;1-17-13-21(23-11-7-8-12-25(23)3)18(2)22(14-17)24-15-19-9-5-6-10-20(19)16-26(24)4/h5,8-9,12-18H,6-7,10-11H2,1-4H3;7-18H,19H2,1-6H3;6-18H,1-5H3;5-16H,1-4H3/q4*+2. The van der Waals surface area contributed by atoms with Crippen LogP contribution in [0.2, 0.25) is 0 Å². The summed E-state index contributed by atoms with van der Waals surface area (Å²) in [5.41, 5.74) is 36.0. The van der Waals surface area contributed by atoms with E-state index in [1.165, 1.54) is 209 Å². The van der Waals surface area contributed by atoms with E-state index in [2.05, 4.69) is 449 Å². The Morgan fingerprint density at radius 1 is 0.325 bits per heavy atom. The van der Waals surface area contributed by atoms with Crippen LogP contribution in [-0.2, 0) is 75.6 Å². The second-order valence-electron chi connectivity index (χ2n) is 33.5. The first-order valence-electron chi connectivity index (χ1n) is 40.7. The van der Waals surface area contributed by atoms with Crippen LogP contribution in [0.4, 0.5) is 0 Å². The molecule has 114 heavy (non-hydrogen) atoms. The summed E-state index contributed by atoms with van der Waals surface area (Å²) >= 11 is 0. The van der Waals surface area contributed by atoms with Gasteiger partial charge in [0, 0.05) is 89.6 Å². The predicted molar refractivity (Wildman–Crippen MR) is 471 cm³/mol. The van der Waals surface area contributed by atoms with E-state index < -0.39 is 0 Å². The molecule has 0 spiro atoms. The van der Waals surface area contributed by atoms with Gasteiger partial charge >= 0.3 is 0 Å². The summed E-state index contributed by atoms with van der Waals surface area (Å²) in [6.07, 6.45) is 21.1. The quantitative estimate of drug-likeness (QED) is 0.122. The molecule has 0 bridgehead atoms. The Morgan fingerprint density at radius 2 is 0.772 bits per heavy atom. The van der Waals surface area contributed by atoms with Crippen LogP contribution < -0.4 is 36.5 Å². The number of fused-ring (bicyclic) bond motifs is 5. The number of hydrogen-bond acceptors (Lipinski definition) is 0. The lowest BCUT2D eigenvalue weighted by atomic mass is 9.81. The largest absolute Gasteiger partial charge is 0.220 e. The van der Waals surface area contributed by atoms with Crippen molar-refractivity contribution >= 4 is 43.2 Å². The normalized spacial score (nSPS) is 12.0. The number of para-hydroxylation sites is 1. The minimum absolute atomic E-state index is 0.230. The van der Waals surface area contributed by atoms with E-state index in [9.17, 15) is 0 Å². The maximum atomic E-state index is 2.49. The van der Waals surface area contributed by atoms with Crippen molar-refractivity contribution in [3.05, 3.63) is 336 Å². The number of benzene rings is 8. The molecule has 1 aliphatic rings. The molecule has 17 rings (SSSR count). The topological polar surface area (TPSA) is 31.0 Å². The highest BCUT2D eigenvalue weighted by atomic mass is 15.0. The molecule has 0 N–H and O–H groups in total. The molecule has 8 heterocycles. The molecular weight excluding hydrogens is 1390 g/mol. The smallest absolute Gasteiger partial charge is 0.201 e. The number of pyridine rings is 8. The first-order valence-corrected chi connectivity index (χ1v) is 40.7. The van der Waals surface area contributed by atoms with Crippen LogP contribution in [0.5, 0.6) is 0 Å². The third-order valence-corrected chi connectivity index (χ3v) is 23.6. The van der Waals surface area contributed by atoms with Gasteiger partial charge in [-0.25, -0.2) is 32.0 Å². The van der Waals surface area contributed by atoms with Crippen molar-refractivity contribution in [2.24, 2.45) is 61.8 Å².